The van der Waals surface area contributed by atoms with Crippen LogP contribution < -0.4 is 0 Å². The van der Waals surface area contributed by atoms with Gasteiger partial charge >= 0.3 is 17.9 Å². The average Bonchev–Trinajstić information content (AvgIpc) is 3.34. The summed E-state index contributed by atoms with van der Waals surface area (Å²) in [5.74, 6) is -1.01. The number of carbonyl (C=O) groups excluding carboxylic acids is 3. The molecule has 0 aliphatic carbocycles. The molecule has 6 nitrogen and oxygen atoms in total. The number of carbonyl (C=O) groups is 3. The molecule has 0 saturated carbocycles. The summed E-state index contributed by atoms with van der Waals surface area (Å²) in [6, 6.07) is 0. The summed E-state index contributed by atoms with van der Waals surface area (Å²) in [6.45, 7) is 6.33. The Morgan fingerprint density at radius 2 is 0.603 bits per heavy atom. The molecule has 6 heteroatoms. The molecule has 0 aromatic carbocycles. The second-order valence-corrected chi connectivity index (χ2v) is 18.1. The smallest absolute Gasteiger partial charge is 0.306 e. The zero-order valence-electron chi connectivity index (χ0n) is 44.1. The maximum absolute atomic E-state index is 12.8. The topological polar surface area (TPSA) is 78.9 Å². The number of esters is 3. The van der Waals surface area contributed by atoms with Crippen LogP contribution in [-0.2, 0) is 28.6 Å². The summed E-state index contributed by atoms with van der Waals surface area (Å²) in [7, 11) is 0. The molecule has 0 aromatic rings. The Balaban J connectivity index is 4.47. The van der Waals surface area contributed by atoms with E-state index in [9.17, 15) is 14.4 Å². The molecule has 0 aliphatic rings. The van der Waals surface area contributed by atoms with E-state index in [0.29, 0.717) is 19.3 Å². The zero-order valence-corrected chi connectivity index (χ0v) is 44.1. The predicted molar refractivity (Wildman–Crippen MR) is 293 cm³/mol. The number of rotatable bonds is 49. The maximum Gasteiger partial charge on any atom is 0.306 e. The van der Waals surface area contributed by atoms with E-state index in [1.807, 2.05) is 12.2 Å². The molecule has 386 valence electrons. The molecular weight excluding hydrogens is 841 g/mol. The van der Waals surface area contributed by atoms with E-state index in [0.717, 1.165) is 103 Å². The van der Waals surface area contributed by atoms with E-state index in [4.69, 9.17) is 14.2 Å². The van der Waals surface area contributed by atoms with Gasteiger partial charge in [0.15, 0.2) is 6.10 Å². The summed E-state index contributed by atoms with van der Waals surface area (Å²) >= 11 is 0. The van der Waals surface area contributed by atoms with Crippen LogP contribution in [0, 0.1) is 0 Å². The summed E-state index contributed by atoms with van der Waals surface area (Å²) in [5, 5.41) is 0. The first-order chi connectivity index (χ1) is 33.5. The minimum atomic E-state index is -0.817. The van der Waals surface area contributed by atoms with E-state index in [2.05, 4.69) is 118 Å². The Labute approximate surface area is 419 Å². The second-order valence-electron chi connectivity index (χ2n) is 18.1. The van der Waals surface area contributed by atoms with Gasteiger partial charge in [0.2, 0.25) is 0 Å². The van der Waals surface area contributed by atoms with Gasteiger partial charge < -0.3 is 14.2 Å². The van der Waals surface area contributed by atoms with Crippen LogP contribution in [0.2, 0.25) is 0 Å². The molecule has 0 amide bonds. The lowest BCUT2D eigenvalue weighted by molar-refractivity contribution is -0.166. The fourth-order valence-corrected chi connectivity index (χ4v) is 7.38. The van der Waals surface area contributed by atoms with Crippen molar-refractivity contribution in [3.63, 3.8) is 0 Å². The van der Waals surface area contributed by atoms with Crippen LogP contribution in [0.1, 0.15) is 245 Å². The maximum atomic E-state index is 12.8. The highest BCUT2D eigenvalue weighted by Gasteiger charge is 2.19. The minimum absolute atomic E-state index is 0.111. The predicted octanol–water partition coefficient (Wildman–Crippen LogP) is 18.7. The second kappa shape index (κ2) is 55.7. The molecule has 0 heterocycles. The van der Waals surface area contributed by atoms with E-state index in [-0.39, 0.29) is 37.5 Å². The fourth-order valence-electron chi connectivity index (χ4n) is 7.38. The molecule has 0 rings (SSSR count). The SMILES string of the molecule is CC/C=C\C/C=C\C/C=C\C/C=C\CCCCCCCCC(=O)OCC(COC(=O)CC/C=C\C/C=C\C/C=C\C/C=C\CC)OC(=O)CCCCCCCCC/C=C\CCCCCCCCC. The molecule has 0 saturated heterocycles. The van der Waals surface area contributed by atoms with Crippen LogP contribution in [0.3, 0.4) is 0 Å². The molecule has 1 atom stereocenters. The van der Waals surface area contributed by atoms with Crippen molar-refractivity contribution in [3.05, 3.63) is 109 Å². The number of ether oxygens (including phenoxy) is 3. The van der Waals surface area contributed by atoms with Crippen LogP contribution in [0.4, 0.5) is 0 Å². The van der Waals surface area contributed by atoms with Gasteiger partial charge in [0, 0.05) is 19.3 Å². The number of allylic oxidation sites excluding steroid dienone is 18. The zero-order chi connectivity index (χ0) is 49.3. The van der Waals surface area contributed by atoms with Crippen molar-refractivity contribution in [2.24, 2.45) is 0 Å². The minimum Gasteiger partial charge on any atom is -0.462 e. The van der Waals surface area contributed by atoms with Gasteiger partial charge in [0.25, 0.3) is 0 Å². The van der Waals surface area contributed by atoms with Gasteiger partial charge in [-0.1, -0.05) is 226 Å². The third kappa shape index (κ3) is 53.0. The van der Waals surface area contributed by atoms with Gasteiger partial charge in [-0.15, -0.1) is 0 Å². The van der Waals surface area contributed by atoms with Crippen molar-refractivity contribution in [2.45, 2.75) is 252 Å². The van der Waals surface area contributed by atoms with Gasteiger partial charge in [-0.2, -0.15) is 0 Å². The van der Waals surface area contributed by atoms with Crippen LogP contribution in [0.5, 0.6) is 0 Å². The fraction of sp³-hybridized carbons (Fsp3) is 0.661. The molecule has 0 spiro atoms. The summed E-state index contributed by atoms with van der Waals surface area (Å²) < 4.78 is 16.8. The quantitative estimate of drug-likeness (QED) is 0.0262. The van der Waals surface area contributed by atoms with Gasteiger partial charge in [-0.25, -0.2) is 0 Å². The summed E-state index contributed by atoms with van der Waals surface area (Å²) in [5.41, 5.74) is 0. The number of unbranched alkanes of at least 4 members (excludes halogenated alkanes) is 20. The molecule has 0 N–H and O–H groups in total. The monoisotopic (exact) mass is 943 g/mol. The number of hydrogen-bond donors (Lipinski definition) is 0. The lowest BCUT2D eigenvalue weighted by atomic mass is 10.1. The lowest BCUT2D eigenvalue weighted by Crippen LogP contribution is -2.30. The Morgan fingerprint density at radius 1 is 0.309 bits per heavy atom. The highest BCUT2D eigenvalue weighted by atomic mass is 16.6. The van der Waals surface area contributed by atoms with Gasteiger partial charge in [0.1, 0.15) is 13.2 Å². The standard InChI is InChI=1S/C62H102O6/c1-4-7-10-13-16-19-22-25-27-29-31-33-34-37-40-43-46-49-52-55-61(64)67-58-59(57-66-60(63)54-51-48-45-42-39-36-24-21-18-15-12-9-6-3)68-62(65)56-53-50-47-44-41-38-35-32-30-28-26-23-20-17-14-11-8-5-2/h7,9-10,12,16,18-19,21,25,27-28,30-31,33,36,39,45,48,59H,4-6,8,11,13-15,17,20,22-24,26,29,32,34-35,37-38,40-44,46-47,49-58H2,1-3H3/b10-7-,12-9-,19-16-,21-18-,27-25-,30-28-,33-31-,39-36-,48-45-. The van der Waals surface area contributed by atoms with E-state index in [1.165, 1.54) is 96.3 Å². The van der Waals surface area contributed by atoms with Crippen molar-refractivity contribution in [1.82, 2.24) is 0 Å². The summed E-state index contributed by atoms with van der Waals surface area (Å²) in [6.07, 6.45) is 75.2. The molecule has 1 unspecified atom stereocenters. The normalized spacial score (nSPS) is 12.9. The van der Waals surface area contributed by atoms with Crippen LogP contribution in [0.15, 0.2) is 109 Å². The Bertz CT molecular complexity index is 1410. The van der Waals surface area contributed by atoms with Gasteiger partial charge in [-0.05, 0) is 109 Å². The first-order valence-electron chi connectivity index (χ1n) is 27.9. The Kier molecular flexibility index (Phi) is 52.4. The average molecular weight is 943 g/mol. The Morgan fingerprint density at radius 3 is 1.00 bits per heavy atom. The largest absolute Gasteiger partial charge is 0.462 e. The number of hydrogen-bond acceptors (Lipinski definition) is 6. The van der Waals surface area contributed by atoms with Crippen LogP contribution in [-0.4, -0.2) is 37.2 Å². The van der Waals surface area contributed by atoms with Crippen LogP contribution >= 0.6 is 0 Å². The van der Waals surface area contributed by atoms with Crippen molar-refractivity contribution in [3.8, 4) is 0 Å². The first-order valence-corrected chi connectivity index (χ1v) is 27.9. The summed E-state index contributed by atoms with van der Waals surface area (Å²) in [4.78, 5) is 38.1. The first kappa shape index (κ1) is 64.1. The van der Waals surface area contributed by atoms with Crippen molar-refractivity contribution >= 4 is 17.9 Å². The molecule has 0 aromatic heterocycles. The van der Waals surface area contributed by atoms with Gasteiger partial charge in [0.05, 0.1) is 0 Å². The molecule has 0 radical (unpaired) electrons. The highest BCUT2D eigenvalue weighted by Crippen LogP contribution is 2.14. The molecular formula is C62H102O6. The Hall–Kier alpha value is -3.93. The van der Waals surface area contributed by atoms with E-state index in [1.54, 1.807) is 0 Å². The molecule has 0 aliphatic heterocycles. The van der Waals surface area contributed by atoms with Gasteiger partial charge in [-0.3, -0.25) is 14.4 Å². The molecule has 0 fully saturated rings. The van der Waals surface area contributed by atoms with E-state index >= 15 is 0 Å². The van der Waals surface area contributed by atoms with Crippen molar-refractivity contribution in [1.29, 1.82) is 0 Å². The third-order valence-corrected chi connectivity index (χ3v) is 11.5. The van der Waals surface area contributed by atoms with Crippen LogP contribution in [0.25, 0.3) is 0 Å². The highest BCUT2D eigenvalue weighted by molar-refractivity contribution is 5.71. The molecule has 0 bridgehead atoms. The van der Waals surface area contributed by atoms with E-state index < -0.39 is 6.10 Å². The molecule has 68 heavy (non-hydrogen) atoms. The third-order valence-electron chi connectivity index (χ3n) is 11.5. The van der Waals surface area contributed by atoms with Crippen molar-refractivity contribution in [2.75, 3.05) is 13.2 Å². The van der Waals surface area contributed by atoms with Crippen molar-refractivity contribution < 1.29 is 28.6 Å². The lowest BCUT2D eigenvalue weighted by Gasteiger charge is -2.18.